The Kier molecular flexibility index (Phi) is 10.0. The highest BCUT2D eigenvalue weighted by molar-refractivity contribution is 14.1. The average Bonchev–Trinajstić information content (AvgIpc) is 2.77. The van der Waals surface area contributed by atoms with Crippen molar-refractivity contribution in [3.63, 3.8) is 0 Å². The van der Waals surface area contributed by atoms with Crippen LogP contribution in [0.25, 0.3) is 0 Å². The van der Waals surface area contributed by atoms with Crippen LogP contribution in [0.5, 0.6) is 0 Å². The molecule has 0 fully saturated rings. The van der Waals surface area contributed by atoms with Crippen LogP contribution in [-0.4, -0.2) is 37.6 Å². The van der Waals surface area contributed by atoms with Gasteiger partial charge in [0.15, 0.2) is 11.6 Å². The zero-order valence-electron chi connectivity index (χ0n) is 16.5. The minimum Gasteiger partial charge on any atom is -0.393 e. The predicted octanol–water partition coefficient (Wildman–Crippen LogP) is 3.08. The van der Waals surface area contributed by atoms with Gasteiger partial charge in [-0.1, -0.05) is 5.16 Å². The van der Waals surface area contributed by atoms with Gasteiger partial charge in [-0.05, 0) is 46.9 Å². The van der Waals surface area contributed by atoms with Gasteiger partial charge in [0.25, 0.3) is 5.91 Å². The molecule has 0 radical (unpaired) electrons. The molecular weight excluding hydrogens is 548 g/mol. The van der Waals surface area contributed by atoms with E-state index in [-0.39, 0.29) is 18.9 Å². The van der Waals surface area contributed by atoms with Crippen molar-refractivity contribution in [2.75, 3.05) is 25.6 Å². The number of nitrogens with zero attached hydrogens (tertiary/aromatic N) is 1. The quantitative estimate of drug-likeness (QED) is 0.109. The van der Waals surface area contributed by atoms with Crippen LogP contribution in [0.2, 0.25) is 0 Å². The van der Waals surface area contributed by atoms with Gasteiger partial charge in [-0.15, -0.1) is 0 Å². The van der Waals surface area contributed by atoms with Gasteiger partial charge >= 0.3 is 0 Å². The predicted molar refractivity (Wildman–Crippen MR) is 117 cm³/mol. The lowest BCUT2D eigenvalue weighted by Gasteiger charge is -2.15. The molecule has 2 aromatic rings. The number of hydroxylamine groups is 2. The molecule has 0 aliphatic carbocycles. The summed E-state index contributed by atoms with van der Waals surface area (Å²) in [6.07, 6.45) is 3.03. The van der Waals surface area contributed by atoms with Crippen LogP contribution in [0.1, 0.15) is 15.9 Å². The summed E-state index contributed by atoms with van der Waals surface area (Å²) in [4.78, 5) is 26.5. The molecule has 172 valence electrons. The molecule has 0 spiro atoms. The lowest BCUT2D eigenvalue weighted by Crippen LogP contribution is -2.24. The molecule has 4 N–H and O–H groups in total. The Balaban J connectivity index is 2.43. The molecule has 0 atom stereocenters. The summed E-state index contributed by atoms with van der Waals surface area (Å²) in [5.74, 6) is -4.55. The highest BCUT2D eigenvalue weighted by atomic mass is 127. The summed E-state index contributed by atoms with van der Waals surface area (Å²) in [5.41, 5.74) is 2.64. The molecule has 0 aromatic heterocycles. The topological polar surface area (TPSA) is 113 Å². The Morgan fingerprint density at radius 3 is 2.72 bits per heavy atom. The number of carbonyl (C=O) groups excluding carboxylic acids is 1. The van der Waals surface area contributed by atoms with Crippen molar-refractivity contribution >= 4 is 46.1 Å². The molecule has 0 saturated heterocycles. The molecule has 13 heteroatoms. The van der Waals surface area contributed by atoms with Crippen molar-refractivity contribution in [3.05, 3.63) is 68.9 Å². The van der Waals surface area contributed by atoms with E-state index in [4.69, 9.17) is 9.94 Å². The van der Waals surface area contributed by atoms with Crippen LogP contribution in [-0.2, 0) is 14.5 Å². The molecule has 2 aromatic carbocycles. The summed E-state index contributed by atoms with van der Waals surface area (Å²) in [6.45, 7) is -0.510. The van der Waals surface area contributed by atoms with Gasteiger partial charge in [-0.3, -0.25) is 15.1 Å². The number of hydrogen-bond acceptors (Lipinski definition) is 8. The fraction of sp³-hybridized carbons (Fsp3) is 0.158. The van der Waals surface area contributed by atoms with Crippen molar-refractivity contribution in [2.24, 2.45) is 5.16 Å². The summed E-state index contributed by atoms with van der Waals surface area (Å²) in [6, 6.07) is 4.99. The van der Waals surface area contributed by atoms with E-state index in [1.54, 1.807) is 0 Å². The SMILES string of the molecule is CONC=CONC(=O)c1cc(C=NOCCO)c(F)c(F)c1Nc1ccc(I)cc1F. The van der Waals surface area contributed by atoms with Gasteiger partial charge < -0.3 is 20.1 Å². The maximum Gasteiger partial charge on any atom is 0.286 e. The van der Waals surface area contributed by atoms with Gasteiger partial charge in [0.2, 0.25) is 0 Å². The lowest BCUT2D eigenvalue weighted by molar-refractivity contribution is 0.0637. The Morgan fingerprint density at radius 2 is 2.03 bits per heavy atom. The minimum absolute atomic E-state index is 0.171. The fourth-order valence-corrected chi connectivity index (χ4v) is 2.68. The minimum atomic E-state index is -1.46. The van der Waals surface area contributed by atoms with Crippen molar-refractivity contribution in [2.45, 2.75) is 0 Å². The van der Waals surface area contributed by atoms with Crippen molar-refractivity contribution < 1.29 is 37.6 Å². The molecular formula is C19H18F3IN4O5. The molecule has 0 unspecified atom stereocenters. The van der Waals surface area contributed by atoms with Crippen LogP contribution < -0.4 is 16.3 Å². The van der Waals surface area contributed by atoms with Crippen LogP contribution in [0, 0.1) is 21.0 Å². The Labute approximate surface area is 194 Å². The molecule has 0 aliphatic heterocycles. The smallest absolute Gasteiger partial charge is 0.286 e. The number of aliphatic hydroxyl groups is 1. The lowest BCUT2D eigenvalue weighted by atomic mass is 10.1. The third-order valence-corrected chi connectivity index (χ3v) is 4.26. The molecule has 2 rings (SSSR count). The maximum absolute atomic E-state index is 14.9. The fourth-order valence-electron chi connectivity index (χ4n) is 2.23. The monoisotopic (exact) mass is 566 g/mol. The van der Waals surface area contributed by atoms with Crippen LogP contribution >= 0.6 is 22.6 Å². The van der Waals surface area contributed by atoms with E-state index in [1.165, 1.54) is 31.5 Å². The molecule has 0 bridgehead atoms. The zero-order valence-corrected chi connectivity index (χ0v) is 18.7. The largest absolute Gasteiger partial charge is 0.393 e. The summed E-state index contributed by atoms with van der Waals surface area (Å²) < 4.78 is 44.3. The third kappa shape index (κ3) is 7.00. The number of rotatable bonds is 11. The highest BCUT2D eigenvalue weighted by Gasteiger charge is 2.23. The van der Waals surface area contributed by atoms with Gasteiger partial charge in [0.1, 0.15) is 18.7 Å². The first kappa shape index (κ1) is 25.2. The first-order chi connectivity index (χ1) is 15.4. The number of amides is 1. The maximum atomic E-state index is 14.9. The van der Waals surface area contributed by atoms with E-state index >= 15 is 0 Å². The molecule has 9 nitrogen and oxygen atoms in total. The van der Waals surface area contributed by atoms with Gasteiger partial charge in [0, 0.05) is 9.13 Å². The summed E-state index contributed by atoms with van der Waals surface area (Å²) in [5, 5.41) is 14.5. The average molecular weight is 566 g/mol. The second kappa shape index (κ2) is 12.7. The first-order valence-corrected chi connectivity index (χ1v) is 9.86. The first-order valence-electron chi connectivity index (χ1n) is 8.78. The highest BCUT2D eigenvalue weighted by Crippen LogP contribution is 2.30. The van der Waals surface area contributed by atoms with E-state index < -0.39 is 40.2 Å². The third-order valence-electron chi connectivity index (χ3n) is 3.59. The summed E-state index contributed by atoms with van der Waals surface area (Å²) in [7, 11) is 1.35. The van der Waals surface area contributed by atoms with Crippen LogP contribution in [0.3, 0.4) is 0 Å². The number of benzene rings is 2. The van der Waals surface area contributed by atoms with Crippen molar-refractivity contribution in [1.29, 1.82) is 0 Å². The second-order valence-electron chi connectivity index (χ2n) is 5.73. The van der Waals surface area contributed by atoms with E-state index in [1.807, 2.05) is 28.1 Å². The van der Waals surface area contributed by atoms with E-state index in [2.05, 4.69) is 25.6 Å². The number of nitrogens with one attached hydrogen (secondary N) is 3. The molecule has 0 aliphatic rings. The van der Waals surface area contributed by atoms with Crippen LogP contribution in [0.15, 0.2) is 41.9 Å². The number of carbonyl (C=O) groups is 1. The van der Waals surface area contributed by atoms with E-state index in [0.717, 1.165) is 18.5 Å². The van der Waals surface area contributed by atoms with E-state index in [9.17, 15) is 18.0 Å². The molecule has 0 heterocycles. The molecule has 0 saturated carbocycles. The zero-order chi connectivity index (χ0) is 23.5. The normalized spacial score (nSPS) is 11.1. The Bertz CT molecular complexity index is 1010. The standard InChI is InChI=1S/C19H18F3IN4O5/c1-30-24-4-6-32-27-19(29)13-8-11(10-25-31-7-5-28)16(21)17(22)18(13)26-15-3-2-12(23)9-14(15)20/h2-4,6,8-10,24,26,28H,5,7H2,1H3,(H,27,29). The number of aliphatic hydroxyl groups excluding tert-OH is 1. The van der Waals surface area contributed by atoms with Crippen molar-refractivity contribution in [1.82, 2.24) is 11.0 Å². The number of hydrogen-bond donors (Lipinski definition) is 4. The van der Waals surface area contributed by atoms with Gasteiger partial charge in [-0.2, -0.15) is 5.48 Å². The number of oxime groups is 1. The molecule has 1 amide bonds. The summed E-state index contributed by atoms with van der Waals surface area (Å²) >= 11 is 1.88. The Hall–Kier alpha value is -3.04. The van der Waals surface area contributed by atoms with Crippen LogP contribution in [0.4, 0.5) is 24.5 Å². The van der Waals surface area contributed by atoms with E-state index in [0.29, 0.717) is 3.57 Å². The number of anilines is 2. The number of halogens is 4. The Morgan fingerprint density at radius 1 is 1.25 bits per heavy atom. The van der Waals surface area contributed by atoms with Gasteiger partial charge in [-0.25, -0.2) is 13.2 Å². The molecule has 32 heavy (non-hydrogen) atoms. The van der Waals surface area contributed by atoms with Crippen molar-refractivity contribution in [3.8, 4) is 0 Å². The van der Waals surface area contributed by atoms with Gasteiger partial charge in [0.05, 0.1) is 43.1 Å². The second-order valence-corrected chi connectivity index (χ2v) is 6.98.